The zero-order valence-electron chi connectivity index (χ0n) is 6.28. The molecule has 0 radical (unpaired) electrons. The van der Waals surface area contributed by atoms with E-state index < -0.39 is 5.82 Å². The van der Waals surface area contributed by atoms with Gasteiger partial charge in [0, 0.05) is 10.0 Å². The summed E-state index contributed by atoms with van der Waals surface area (Å²) in [6, 6.07) is 2.79. The van der Waals surface area contributed by atoms with E-state index in [1.165, 1.54) is 6.07 Å². The lowest BCUT2D eigenvalue weighted by Gasteiger charge is -2.01. The van der Waals surface area contributed by atoms with Crippen molar-refractivity contribution in [2.75, 3.05) is 5.33 Å². The lowest BCUT2D eigenvalue weighted by Crippen LogP contribution is -2.00. The summed E-state index contributed by atoms with van der Waals surface area (Å²) >= 11 is 9.20. The van der Waals surface area contributed by atoms with Gasteiger partial charge in [-0.2, -0.15) is 0 Å². The molecule has 0 bridgehead atoms. The van der Waals surface area contributed by atoms with E-state index in [2.05, 4.69) is 47.8 Å². The Morgan fingerprint density at radius 2 is 2.00 bits per heavy atom. The Hall–Kier alpha value is 0.260. The highest BCUT2D eigenvalue weighted by Gasteiger charge is 2.10. The van der Waals surface area contributed by atoms with Crippen LogP contribution in [0, 0.1) is 5.82 Å². The molecule has 0 saturated carbocycles. The third-order valence-electron chi connectivity index (χ3n) is 1.43. The summed E-state index contributed by atoms with van der Waals surface area (Å²) < 4.78 is 14.0. The quantitative estimate of drug-likeness (QED) is 0.435. The molecule has 0 heterocycles. The summed E-state index contributed by atoms with van der Waals surface area (Å²) in [7, 11) is 0. The molecule has 0 unspecified atom stereocenters. The number of benzene rings is 1. The van der Waals surface area contributed by atoms with E-state index >= 15 is 0 Å². The Labute approximate surface area is 100 Å². The van der Waals surface area contributed by atoms with Gasteiger partial charge in [0.05, 0.1) is 9.80 Å². The minimum atomic E-state index is -0.446. The van der Waals surface area contributed by atoms with Gasteiger partial charge in [-0.1, -0.05) is 15.9 Å². The summed E-state index contributed by atoms with van der Waals surface area (Å²) in [5, 5.41) is 0.195. The Morgan fingerprint density at radius 3 is 2.46 bits per heavy atom. The SMILES string of the molecule is O=C(CBr)c1cc(F)c(Br)c(Br)c1. The maximum atomic E-state index is 13.1. The first kappa shape index (κ1) is 11.3. The van der Waals surface area contributed by atoms with Gasteiger partial charge >= 0.3 is 0 Å². The molecule has 1 aromatic carbocycles. The number of rotatable bonds is 2. The predicted octanol–water partition coefficient (Wildman–Crippen LogP) is 3.93. The van der Waals surface area contributed by atoms with Crippen molar-refractivity contribution >= 4 is 53.6 Å². The first-order chi connectivity index (χ1) is 6.06. The molecule has 0 atom stereocenters. The molecular formula is C8H4Br3FO. The van der Waals surface area contributed by atoms with Crippen LogP contribution in [0.3, 0.4) is 0 Å². The van der Waals surface area contributed by atoms with Crippen molar-refractivity contribution in [2.45, 2.75) is 0 Å². The Morgan fingerprint density at radius 1 is 1.38 bits per heavy atom. The molecule has 0 amide bonds. The van der Waals surface area contributed by atoms with Crippen LogP contribution in [0.15, 0.2) is 21.1 Å². The van der Waals surface area contributed by atoms with Crippen LogP contribution in [-0.2, 0) is 0 Å². The highest BCUT2D eigenvalue weighted by atomic mass is 79.9. The van der Waals surface area contributed by atoms with E-state index in [9.17, 15) is 9.18 Å². The van der Waals surface area contributed by atoms with Crippen LogP contribution in [0.5, 0.6) is 0 Å². The number of hydrogen-bond acceptors (Lipinski definition) is 1. The second-order valence-corrected chi connectivity index (χ2v) is 4.52. The lowest BCUT2D eigenvalue weighted by molar-refractivity contribution is 0.102. The van der Waals surface area contributed by atoms with Gasteiger partial charge in [-0.25, -0.2) is 4.39 Å². The molecule has 0 aliphatic rings. The maximum absolute atomic E-state index is 13.1. The molecular weight excluding hydrogens is 371 g/mol. The lowest BCUT2D eigenvalue weighted by atomic mass is 10.1. The third kappa shape index (κ3) is 2.60. The van der Waals surface area contributed by atoms with E-state index in [-0.39, 0.29) is 11.1 Å². The van der Waals surface area contributed by atoms with Crippen LogP contribution in [-0.4, -0.2) is 11.1 Å². The van der Waals surface area contributed by atoms with Crippen molar-refractivity contribution in [3.05, 3.63) is 32.5 Å². The average molecular weight is 375 g/mol. The van der Waals surface area contributed by atoms with Gasteiger partial charge in [-0.05, 0) is 44.0 Å². The summed E-state index contributed by atoms with van der Waals surface area (Å²) in [6.07, 6.45) is 0. The smallest absolute Gasteiger partial charge is 0.173 e. The molecule has 13 heavy (non-hydrogen) atoms. The van der Waals surface area contributed by atoms with Gasteiger partial charge < -0.3 is 0 Å². The number of hydrogen-bond donors (Lipinski definition) is 0. The van der Waals surface area contributed by atoms with Gasteiger partial charge in [0.15, 0.2) is 5.78 Å². The number of ketones is 1. The largest absolute Gasteiger partial charge is 0.293 e. The molecule has 5 heteroatoms. The van der Waals surface area contributed by atoms with Crippen LogP contribution >= 0.6 is 47.8 Å². The molecule has 0 aliphatic carbocycles. The van der Waals surface area contributed by atoms with Crippen LogP contribution in [0.4, 0.5) is 4.39 Å². The van der Waals surface area contributed by atoms with Crippen molar-refractivity contribution in [1.29, 1.82) is 0 Å². The molecule has 70 valence electrons. The minimum Gasteiger partial charge on any atom is -0.293 e. The third-order valence-corrected chi connectivity index (χ3v) is 3.90. The van der Waals surface area contributed by atoms with E-state index in [1.807, 2.05) is 0 Å². The Balaban J connectivity index is 3.20. The molecule has 1 nitrogen and oxygen atoms in total. The Kier molecular flexibility index (Phi) is 4.06. The number of Topliss-reactive ketones (excluding diaryl/α,β-unsaturated/α-hetero) is 1. The van der Waals surface area contributed by atoms with Crippen molar-refractivity contribution in [2.24, 2.45) is 0 Å². The standard InChI is InChI=1S/C8H4Br3FO/c9-3-7(13)4-1-5(10)8(11)6(12)2-4/h1-2H,3H2. The molecule has 0 spiro atoms. The molecule has 1 rings (SSSR count). The number of halogens is 4. The summed E-state index contributed by atoms with van der Waals surface area (Å²) in [6.45, 7) is 0. The second kappa shape index (κ2) is 4.66. The van der Waals surface area contributed by atoms with Crippen LogP contribution in [0.1, 0.15) is 10.4 Å². The first-order valence-corrected chi connectivity index (χ1v) is 6.00. The topological polar surface area (TPSA) is 17.1 Å². The molecule has 0 saturated heterocycles. The predicted molar refractivity (Wildman–Crippen MR) is 59.9 cm³/mol. The van der Waals surface area contributed by atoms with Crippen molar-refractivity contribution < 1.29 is 9.18 Å². The van der Waals surface area contributed by atoms with Crippen molar-refractivity contribution in [3.8, 4) is 0 Å². The number of carbonyl (C=O) groups is 1. The summed E-state index contributed by atoms with van der Waals surface area (Å²) in [5.74, 6) is -0.592. The molecule has 0 fully saturated rings. The fourth-order valence-corrected chi connectivity index (χ4v) is 1.78. The van der Waals surface area contributed by atoms with Crippen LogP contribution < -0.4 is 0 Å². The van der Waals surface area contributed by atoms with Gasteiger partial charge in [0.2, 0.25) is 0 Å². The maximum Gasteiger partial charge on any atom is 0.173 e. The fourth-order valence-electron chi connectivity index (χ4n) is 0.794. The number of carbonyl (C=O) groups excluding carboxylic acids is 1. The fraction of sp³-hybridized carbons (Fsp3) is 0.125. The monoisotopic (exact) mass is 372 g/mol. The van der Waals surface area contributed by atoms with Crippen molar-refractivity contribution in [1.82, 2.24) is 0 Å². The first-order valence-electron chi connectivity index (χ1n) is 3.30. The van der Waals surface area contributed by atoms with Crippen LogP contribution in [0.25, 0.3) is 0 Å². The van der Waals surface area contributed by atoms with Gasteiger partial charge in [-0.15, -0.1) is 0 Å². The molecule has 0 N–H and O–H groups in total. The molecule has 1 aromatic rings. The molecule has 0 aromatic heterocycles. The zero-order chi connectivity index (χ0) is 10.0. The zero-order valence-corrected chi connectivity index (χ0v) is 11.0. The number of alkyl halides is 1. The Bertz CT molecular complexity index is 328. The van der Waals surface area contributed by atoms with E-state index in [0.29, 0.717) is 14.5 Å². The highest BCUT2D eigenvalue weighted by Crippen LogP contribution is 2.27. The second-order valence-electron chi connectivity index (χ2n) is 2.31. The van der Waals surface area contributed by atoms with E-state index in [1.54, 1.807) is 6.07 Å². The normalized spacial score (nSPS) is 10.2. The minimum absolute atomic E-state index is 0.146. The van der Waals surface area contributed by atoms with Gasteiger partial charge in [0.25, 0.3) is 0 Å². The highest BCUT2D eigenvalue weighted by molar-refractivity contribution is 9.13. The average Bonchev–Trinajstić information content (AvgIpc) is 2.12. The van der Waals surface area contributed by atoms with Crippen molar-refractivity contribution in [3.63, 3.8) is 0 Å². The van der Waals surface area contributed by atoms with Gasteiger partial charge in [0.1, 0.15) is 5.82 Å². The van der Waals surface area contributed by atoms with E-state index in [0.717, 1.165) is 0 Å². The van der Waals surface area contributed by atoms with Crippen LogP contribution in [0.2, 0.25) is 0 Å². The summed E-state index contributed by atoms with van der Waals surface area (Å²) in [5.41, 5.74) is 0.351. The van der Waals surface area contributed by atoms with E-state index in [4.69, 9.17) is 0 Å². The van der Waals surface area contributed by atoms with Gasteiger partial charge in [-0.3, -0.25) is 4.79 Å². The molecule has 0 aliphatic heterocycles. The summed E-state index contributed by atoms with van der Waals surface area (Å²) in [4.78, 5) is 11.2.